The van der Waals surface area contributed by atoms with Crippen LogP contribution in [0.2, 0.25) is 0 Å². The van der Waals surface area contributed by atoms with Crippen LogP contribution >= 0.6 is 0 Å². The molecule has 0 aliphatic carbocycles. The summed E-state index contributed by atoms with van der Waals surface area (Å²) < 4.78 is 0. The van der Waals surface area contributed by atoms with E-state index in [1.54, 1.807) is 0 Å². The van der Waals surface area contributed by atoms with Crippen molar-refractivity contribution in [2.75, 3.05) is 0 Å². The van der Waals surface area contributed by atoms with Crippen molar-refractivity contribution in [1.82, 2.24) is 0 Å². The zero-order valence-electron chi connectivity index (χ0n) is 10.8. The minimum atomic E-state index is -1.83. The van der Waals surface area contributed by atoms with Crippen LogP contribution in [0.15, 0.2) is 0 Å². The van der Waals surface area contributed by atoms with Crippen LogP contribution in [0.5, 0.6) is 0 Å². The maximum atomic E-state index is 8.56. The minimum absolute atomic E-state index is 0. The Morgan fingerprint density at radius 2 is 0.647 bits per heavy atom. The van der Waals surface area contributed by atoms with Gasteiger partial charge in [-0.2, -0.15) is 0 Å². The van der Waals surface area contributed by atoms with E-state index in [-0.39, 0.29) is 7.43 Å². The predicted molar refractivity (Wildman–Crippen MR) is 69.1 cm³/mol. The fourth-order valence-electron chi connectivity index (χ4n) is 0. The van der Waals surface area contributed by atoms with Crippen molar-refractivity contribution in [3.05, 3.63) is 0 Å². The first-order valence-corrected chi connectivity index (χ1v) is 4.77. The molecule has 0 aliphatic heterocycles. The summed E-state index contributed by atoms with van der Waals surface area (Å²) in [7, 11) is 0. The molecule has 0 bridgehead atoms. The minimum Gasteiger partial charge on any atom is -0.450 e. The quantitative estimate of drug-likeness (QED) is 0.510. The van der Waals surface area contributed by atoms with Crippen LogP contribution in [0.25, 0.3) is 0 Å². The molecule has 0 spiro atoms. The maximum absolute atomic E-state index is 8.56. The van der Waals surface area contributed by atoms with E-state index in [0.29, 0.717) is 0 Å². The molecule has 0 saturated carbocycles. The number of hydrogen-bond acceptors (Lipinski definition) is 2. The van der Waals surface area contributed by atoms with Gasteiger partial charge < -0.3 is 20.4 Å². The summed E-state index contributed by atoms with van der Waals surface area (Å²) in [4.78, 5) is 17.1. The van der Waals surface area contributed by atoms with Gasteiger partial charge in [0.05, 0.1) is 0 Å². The van der Waals surface area contributed by atoms with Gasteiger partial charge in [0.2, 0.25) is 0 Å². The zero-order chi connectivity index (χ0) is 14.3. The summed E-state index contributed by atoms with van der Waals surface area (Å²) in [6, 6.07) is 0. The average molecular weight is 256 g/mol. The smallest absolute Gasteiger partial charge is 0.450 e. The third-order valence-electron chi connectivity index (χ3n) is 0. The van der Waals surface area contributed by atoms with Crippen molar-refractivity contribution < 1.29 is 30.0 Å². The summed E-state index contributed by atoms with van der Waals surface area (Å²) in [6.07, 6.45) is -3.67. The van der Waals surface area contributed by atoms with Crippen molar-refractivity contribution in [2.24, 2.45) is 11.8 Å². The normalized spacial score (nSPS) is 7.06. The summed E-state index contributed by atoms with van der Waals surface area (Å²) in [5.74, 6) is 1.67. The van der Waals surface area contributed by atoms with Gasteiger partial charge in [0, 0.05) is 0 Å². The number of hydrogen-bond donors (Lipinski definition) is 4. The maximum Gasteiger partial charge on any atom is 0.503 e. The van der Waals surface area contributed by atoms with Gasteiger partial charge in [0.25, 0.3) is 0 Å². The Morgan fingerprint density at radius 3 is 0.647 bits per heavy atom. The van der Waals surface area contributed by atoms with Crippen molar-refractivity contribution in [1.29, 1.82) is 0 Å². The van der Waals surface area contributed by atoms with Gasteiger partial charge in [-0.15, -0.1) is 0 Å². The molecule has 0 atom stereocenters. The molecular weight excluding hydrogens is 228 g/mol. The molecule has 6 heteroatoms. The lowest BCUT2D eigenvalue weighted by atomic mass is 10.3. The van der Waals surface area contributed by atoms with Crippen LogP contribution in [-0.2, 0) is 0 Å². The van der Waals surface area contributed by atoms with E-state index in [9.17, 15) is 0 Å². The van der Waals surface area contributed by atoms with Gasteiger partial charge in [-0.3, -0.25) is 0 Å². The van der Waals surface area contributed by atoms with E-state index >= 15 is 0 Å². The van der Waals surface area contributed by atoms with Crippen LogP contribution in [0.4, 0.5) is 9.59 Å². The monoisotopic (exact) mass is 256 g/mol. The largest absolute Gasteiger partial charge is 0.503 e. The summed E-state index contributed by atoms with van der Waals surface area (Å²) in [5, 5.41) is 27.9. The van der Waals surface area contributed by atoms with Gasteiger partial charge in [-0.05, 0) is 11.8 Å². The zero-order valence-corrected chi connectivity index (χ0v) is 10.8. The Bertz CT molecular complexity index is 123. The summed E-state index contributed by atoms with van der Waals surface area (Å²) in [6.45, 7) is 13.0. The van der Waals surface area contributed by atoms with E-state index in [0.717, 1.165) is 11.8 Å². The number of carboxylic acid groups (broad SMARTS) is 4. The van der Waals surface area contributed by atoms with Gasteiger partial charge in [-0.1, -0.05) is 49.0 Å². The highest BCUT2D eigenvalue weighted by molar-refractivity contribution is 5.53. The molecule has 0 aromatic rings. The van der Waals surface area contributed by atoms with Crippen LogP contribution in [0.3, 0.4) is 0 Å². The Kier molecular flexibility index (Phi) is 41.7. The second-order valence-electron chi connectivity index (χ2n) is 4.03. The van der Waals surface area contributed by atoms with Crippen molar-refractivity contribution in [2.45, 2.75) is 49.0 Å². The standard InChI is InChI=1S/2C4H10.2CH2O3.CH4/c2*1-4(2)3;2*2-1(3)4;/h2*4H,1-3H3;2*(H2,2,3,4);1H4. The highest BCUT2D eigenvalue weighted by atomic mass is 16.6. The molecule has 0 rings (SSSR count). The van der Waals surface area contributed by atoms with Crippen molar-refractivity contribution in [3.8, 4) is 0 Å². The van der Waals surface area contributed by atoms with E-state index in [4.69, 9.17) is 30.0 Å². The van der Waals surface area contributed by atoms with E-state index in [1.807, 2.05) is 0 Å². The molecule has 4 N–H and O–H groups in total. The lowest BCUT2D eigenvalue weighted by molar-refractivity contribution is 0.135. The Balaban J connectivity index is -0.0000000369. The van der Waals surface area contributed by atoms with E-state index in [1.165, 1.54) is 0 Å². The van der Waals surface area contributed by atoms with Gasteiger partial charge in [0.1, 0.15) is 0 Å². The van der Waals surface area contributed by atoms with Gasteiger partial charge in [0.15, 0.2) is 0 Å². The molecule has 0 radical (unpaired) electrons. The third kappa shape index (κ3) is 1070. The van der Waals surface area contributed by atoms with Gasteiger partial charge in [-0.25, -0.2) is 9.59 Å². The highest BCUT2D eigenvalue weighted by Crippen LogP contribution is 1.81. The molecule has 0 saturated heterocycles. The molecule has 0 unspecified atom stereocenters. The molecule has 0 heterocycles. The molecule has 17 heavy (non-hydrogen) atoms. The topological polar surface area (TPSA) is 115 Å². The molecule has 0 fully saturated rings. The fourth-order valence-corrected chi connectivity index (χ4v) is 0. The first kappa shape index (κ1) is 29.6. The van der Waals surface area contributed by atoms with Crippen molar-refractivity contribution in [3.63, 3.8) is 0 Å². The SMILES string of the molecule is C.CC(C)C.CC(C)C.O=C(O)O.O=C(O)O. The van der Waals surface area contributed by atoms with Crippen LogP contribution < -0.4 is 0 Å². The van der Waals surface area contributed by atoms with Crippen LogP contribution in [0, 0.1) is 11.8 Å². The van der Waals surface area contributed by atoms with Crippen molar-refractivity contribution >= 4 is 12.3 Å². The molecule has 0 aromatic carbocycles. The molecular formula is C11H28O6. The summed E-state index contributed by atoms with van der Waals surface area (Å²) in [5.41, 5.74) is 0. The van der Waals surface area contributed by atoms with Crippen LogP contribution in [0.1, 0.15) is 49.0 Å². The predicted octanol–water partition coefficient (Wildman–Crippen LogP) is 4.41. The molecule has 108 valence electrons. The van der Waals surface area contributed by atoms with Gasteiger partial charge >= 0.3 is 12.3 Å². The lowest BCUT2D eigenvalue weighted by Gasteiger charge is -1.79. The Morgan fingerprint density at radius 1 is 0.647 bits per heavy atom. The first-order valence-electron chi connectivity index (χ1n) is 4.77. The van der Waals surface area contributed by atoms with E-state index in [2.05, 4.69) is 41.5 Å². The average Bonchev–Trinajstić information content (AvgIpc) is 1.76. The fraction of sp³-hybridized carbons (Fsp3) is 0.818. The number of rotatable bonds is 0. The Hall–Kier alpha value is -1.46. The van der Waals surface area contributed by atoms with Crippen LogP contribution in [-0.4, -0.2) is 32.7 Å². The molecule has 0 aromatic heterocycles. The third-order valence-corrected chi connectivity index (χ3v) is 0. The first-order chi connectivity index (χ1) is 6.93. The number of carbonyl (C=O) groups is 2. The molecule has 0 aliphatic rings. The molecule has 0 amide bonds. The summed E-state index contributed by atoms with van der Waals surface area (Å²) >= 11 is 0. The Labute approximate surface area is 104 Å². The lowest BCUT2D eigenvalue weighted by Crippen LogP contribution is -1.81. The second kappa shape index (κ2) is 24.0. The molecule has 6 nitrogen and oxygen atoms in total. The van der Waals surface area contributed by atoms with E-state index < -0.39 is 12.3 Å². The highest BCUT2D eigenvalue weighted by Gasteiger charge is 1.70. The second-order valence-corrected chi connectivity index (χ2v) is 4.03.